The van der Waals surface area contributed by atoms with E-state index in [2.05, 4.69) is 5.32 Å². The Balaban J connectivity index is 2.59. The molecule has 0 aromatic carbocycles. The second-order valence-corrected chi connectivity index (χ2v) is 4.50. The fourth-order valence-electron chi connectivity index (χ4n) is 1.75. The summed E-state index contributed by atoms with van der Waals surface area (Å²) in [7, 11) is 3.93. The first kappa shape index (κ1) is 14.5. The van der Waals surface area contributed by atoms with Crippen molar-refractivity contribution in [3.8, 4) is 0 Å². The molecule has 18 heavy (non-hydrogen) atoms. The molecule has 0 saturated heterocycles. The highest BCUT2D eigenvalue weighted by Crippen LogP contribution is 2.17. The first-order valence-electron chi connectivity index (χ1n) is 6.21. The van der Waals surface area contributed by atoms with Gasteiger partial charge in [-0.15, -0.1) is 0 Å². The molecule has 0 aliphatic rings. The van der Waals surface area contributed by atoms with Gasteiger partial charge in [-0.3, -0.25) is 9.69 Å². The monoisotopic (exact) mass is 250 g/mol. The summed E-state index contributed by atoms with van der Waals surface area (Å²) in [6.45, 7) is 4.38. The third-order valence-electron chi connectivity index (χ3n) is 2.82. The van der Waals surface area contributed by atoms with E-state index in [4.69, 9.17) is 4.42 Å². The summed E-state index contributed by atoms with van der Waals surface area (Å²) in [4.78, 5) is 13.8. The molecule has 0 radical (unpaired) electrons. The van der Waals surface area contributed by atoms with Gasteiger partial charge >= 0.3 is 0 Å². The maximum atomic E-state index is 11.8. The molecule has 1 amide bonds. The van der Waals surface area contributed by atoms with Crippen molar-refractivity contribution in [2.75, 3.05) is 20.6 Å². The second-order valence-electron chi connectivity index (χ2n) is 4.50. The molecule has 4 heteroatoms. The van der Waals surface area contributed by atoms with Gasteiger partial charge in [0, 0.05) is 12.1 Å². The van der Waals surface area contributed by atoms with Crippen LogP contribution in [0.2, 0.25) is 0 Å². The largest absolute Gasteiger partial charge is 0.468 e. The van der Waals surface area contributed by atoms with E-state index >= 15 is 0 Å². The van der Waals surface area contributed by atoms with E-state index in [9.17, 15) is 4.79 Å². The Morgan fingerprint density at radius 1 is 1.56 bits per heavy atom. The maximum absolute atomic E-state index is 11.8. The molecule has 1 N–H and O–H groups in total. The zero-order valence-corrected chi connectivity index (χ0v) is 11.6. The van der Waals surface area contributed by atoms with Gasteiger partial charge in [-0.25, -0.2) is 0 Å². The van der Waals surface area contributed by atoms with Crippen LogP contribution >= 0.6 is 0 Å². The highest BCUT2D eigenvalue weighted by atomic mass is 16.3. The van der Waals surface area contributed by atoms with Crippen molar-refractivity contribution < 1.29 is 9.21 Å². The van der Waals surface area contributed by atoms with Crippen LogP contribution in [0.5, 0.6) is 0 Å². The molecule has 1 rings (SSSR count). The van der Waals surface area contributed by atoms with Crippen LogP contribution in [0.25, 0.3) is 0 Å². The minimum absolute atomic E-state index is 0.0183. The fraction of sp³-hybridized carbons (Fsp3) is 0.500. The SMILES string of the molecule is CC/C=C(/C)C(=O)NC[C@H](c1ccco1)N(C)C. The van der Waals surface area contributed by atoms with E-state index < -0.39 is 0 Å². The lowest BCUT2D eigenvalue weighted by atomic mass is 10.2. The number of hydrogen-bond acceptors (Lipinski definition) is 3. The molecule has 0 unspecified atom stereocenters. The van der Waals surface area contributed by atoms with Crippen molar-refractivity contribution in [2.24, 2.45) is 0 Å². The quantitative estimate of drug-likeness (QED) is 0.788. The summed E-state index contributed by atoms with van der Waals surface area (Å²) in [6.07, 6.45) is 4.44. The van der Waals surface area contributed by atoms with E-state index in [-0.39, 0.29) is 11.9 Å². The molecule has 0 spiro atoms. The molecular weight excluding hydrogens is 228 g/mol. The van der Waals surface area contributed by atoms with E-state index in [1.165, 1.54) is 0 Å². The predicted octanol–water partition coefficient (Wildman–Crippen LogP) is 2.35. The molecule has 100 valence electrons. The minimum atomic E-state index is -0.0183. The lowest BCUT2D eigenvalue weighted by Crippen LogP contribution is -2.34. The Labute approximate surface area is 109 Å². The Bertz CT molecular complexity index is 394. The van der Waals surface area contributed by atoms with Crippen molar-refractivity contribution in [1.82, 2.24) is 10.2 Å². The molecule has 4 nitrogen and oxygen atoms in total. The Morgan fingerprint density at radius 2 is 2.28 bits per heavy atom. The zero-order chi connectivity index (χ0) is 13.5. The third-order valence-corrected chi connectivity index (χ3v) is 2.82. The van der Waals surface area contributed by atoms with E-state index in [0.29, 0.717) is 6.54 Å². The highest BCUT2D eigenvalue weighted by molar-refractivity contribution is 5.92. The Morgan fingerprint density at radius 3 is 2.78 bits per heavy atom. The molecule has 1 atom stereocenters. The lowest BCUT2D eigenvalue weighted by Gasteiger charge is -2.22. The molecule has 1 heterocycles. The molecule has 0 aliphatic heterocycles. The number of amides is 1. The number of rotatable bonds is 6. The topological polar surface area (TPSA) is 45.5 Å². The van der Waals surface area contributed by atoms with Gasteiger partial charge in [0.25, 0.3) is 0 Å². The van der Waals surface area contributed by atoms with Crippen molar-refractivity contribution >= 4 is 5.91 Å². The van der Waals surface area contributed by atoms with E-state index in [1.54, 1.807) is 6.26 Å². The van der Waals surface area contributed by atoms with Gasteiger partial charge in [-0.2, -0.15) is 0 Å². The number of nitrogens with zero attached hydrogens (tertiary/aromatic N) is 1. The fourth-order valence-corrected chi connectivity index (χ4v) is 1.75. The third kappa shape index (κ3) is 4.04. The summed E-state index contributed by atoms with van der Waals surface area (Å²) in [5, 5.41) is 2.93. The number of hydrogen-bond donors (Lipinski definition) is 1. The van der Waals surface area contributed by atoms with Gasteiger partial charge in [-0.05, 0) is 39.6 Å². The molecule has 1 aromatic heterocycles. The van der Waals surface area contributed by atoms with Crippen LogP contribution in [-0.4, -0.2) is 31.4 Å². The number of furan rings is 1. The lowest BCUT2D eigenvalue weighted by molar-refractivity contribution is -0.117. The van der Waals surface area contributed by atoms with Crippen molar-refractivity contribution in [3.05, 3.63) is 35.8 Å². The first-order chi connectivity index (χ1) is 8.56. The average Bonchev–Trinajstić information content (AvgIpc) is 2.82. The zero-order valence-electron chi connectivity index (χ0n) is 11.6. The molecule has 0 bridgehead atoms. The molecule has 0 aliphatic carbocycles. The van der Waals surface area contributed by atoms with Gasteiger partial charge in [0.15, 0.2) is 0 Å². The van der Waals surface area contributed by atoms with Crippen LogP contribution in [0, 0.1) is 0 Å². The van der Waals surface area contributed by atoms with Gasteiger partial charge in [0.2, 0.25) is 5.91 Å². The summed E-state index contributed by atoms with van der Waals surface area (Å²) in [5.41, 5.74) is 0.759. The minimum Gasteiger partial charge on any atom is -0.468 e. The number of carbonyl (C=O) groups is 1. The number of carbonyl (C=O) groups excluding carboxylic acids is 1. The predicted molar refractivity (Wildman–Crippen MR) is 72.2 cm³/mol. The van der Waals surface area contributed by atoms with Crippen LogP contribution < -0.4 is 5.32 Å². The molecule has 0 saturated carbocycles. The number of likely N-dealkylation sites (N-methyl/N-ethyl adjacent to an activating group) is 1. The summed E-state index contributed by atoms with van der Waals surface area (Å²) in [5.74, 6) is 0.840. The van der Waals surface area contributed by atoms with Crippen LogP contribution in [0.1, 0.15) is 32.1 Å². The standard InChI is InChI=1S/C14H22N2O2/c1-5-7-11(2)14(17)15-10-12(16(3)4)13-8-6-9-18-13/h6-9,12H,5,10H2,1-4H3,(H,15,17)/b11-7-/t12-/m1/s1. The normalized spacial score (nSPS) is 13.7. The summed E-state index contributed by atoms with van der Waals surface area (Å²) in [6, 6.07) is 3.83. The van der Waals surface area contributed by atoms with Crippen molar-refractivity contribution in [3.63, 3.8) is 0 Å². The van der Waals surface area contributed by atoms with E-state index in [1.807, 2.05) is 51.1 Å². The second kappa shape index (κ2) is 7.01. The van der Waals surface area contributed by atoms with Crippen LogP contribution in [0.4, 0.5) is 0 Å². The smallest absolute Gasteiger partial charge is 0.246 e. The van der Waals surface area contributed by atoms with Crippen LogP contribution in [-0.2, 0) is 4.79 Å². The molecule has 1 aromatic rings. The molecule has 0 fully saturated rings. The van der Waals surface area contributed by atoms with Crippen molar-refractivity contribution in [2.45, 2.75) is 26.3 Å². The van der Waals surface area contributed by atoms with Gasteiger partial charge in [0.05, 0.1) is 12.3 Å². The van der Waals surface area contributed by atoms with Gasteiger partial charge in [0.1, 0.15) is 5.76 Å². The van der Waals surface area contributed by atoms with E-state index in [0.717, 1.165) is 17.8 Å². The van der Waals surface area contributed by atoms with Gasteiger partial charge in [-0.1, -0.05) is 13.0 Å². The maximum Gasteiger partial charge on any atom is 0.246 e. The van der Waals surface area contributed by atoms with Crippen molar-refractivity contribution in [1.29, 1.82) is 0 Å². The van der Waals surface area contributed by atoms with Crippen LogP contribution in [0.3, 0.4) is 0 Å². The summed E-state index contributed by atoms with van der Waals surface area (Å²) >= 11 is 0. The van der Waals surface area contributed by atoms with Gasteiger partial charge < -0.3 is 9.73 Å². The Hall–Kier alpha value is -1.55. The number of allylic oxidation sites excluding steroid dienone is 1. The molecular formula is C14H22N2O2. The van der Waals surface area contributed by atoms with Crippen LogP contribution in [0.15, 0.2) is 34.5 Å². The first-order valence-corrected chi connectivity index (χ1v) is 6.21. The Kier molecular flexibility index (Phi) is 5.65. The number of nitrogens with one attached hydrogen (secondary N) is 1. The summed E-state index contributed by atoms with van der Waals surface area (Å²) < 4.78 is 5.39. The average molecular weight is 250 g/mol. The highest BCUT2D eigenvalue weighted by Gasteiger charge is 2.17.